The number of guanidine groups is 1. The van der Waals surface area contributed by atoms with Crippen molar-refractivity contribution in [1.82, 2.24) is 10.6 Å². The van der Waals surface area contributed by atoms with E-state index < -0.39 is 6.61 Å². The van der Waals surface area contributed by atoms with Gasteiger partial charge in [-0.1, -0.05) is 32.0 Å². The number of nitrogens with zero attached hydrogens (tertiary/aromatic N) is 1. The predicted molar refractivity (Wildman–Crippen MR) is 96.4 cm³/mol. The lowest BCUT2D eigenvalue weighted by Gasteiger charge is -2.54. The minimum absolute atomic E-state index is 0.0358. The highest BCUT2D eigenvalue weighted by atomic mass is 19.3. The maximum Gasteiger partial charge on any atom is 0.387 e. The van der Waals surface area contributed by atoms with E-state index in [1.807, 2.05) is 6.92 Å². The number of para-hydroxylation sites is 1. The van der Waals surface area contributed by atoms with Crippen molar-refractivity contribution in [3.63, 3.8) is 0 Å². The number of halogens is 2. The van der Waals surface area contributed by atoms with E-state index in [0.717, 1.165) is 19.6 Å². The lowest BCUT2D eigenvalue weighted by molar-refractivity contribution is -0.106. The third-order valence-corrected chi connectivity index (χ3v) is 5.33. The second-order valence-electron chi connectivity index (χ2n) is 7.37. The van der Waals surface area contributed by atoms with Crippen molar-refractivity contribution in [2.75, 3.05) is 13.2 Å². The van der Waals surface area contributed by atoms with Crippen molar-refractivity contribution >= 4 is 5.96 Å². The van der Waals surface area contributed by atoms with Gasteiger partial charge in [-0.2, -0.15) is 8.78 Å². The molecule has 0 amide bonds. The number of hydrogen-bond donors (Lipinski definition) is 2. The van der Waals surface area contributed by atoms with Crippen LogP contribution in [0.3, 0.4) is 0 Å². The second-order valence-corrected chi connectivity index (χ2v) is 7.37. The fraction of sp³-hybridized carbons (Fsp3) is 0.632. The molecule has 1 aromatic rings. The maximum absolute atomic E-state index is 12.6. The summed E-state index contributed by atoms with van der Waals surface area (Å²) in [4.78, 5) is 4.58. The lowest BCUT2D eigenvalue weighted by atomic mass is 9.57. The Hall–Kier alpha value is -1.89. The standard InChI is InChI=1S/C19H27F2N3O2/c1-4-22-18(24-15-13-9-10-25-16(13)19(15,2)3)23-11-12-7-5-6-8-14(12)26-17(20)21/h5-8,13,15-17H,4,9-11H2,1-3H3,(H2,22,23,24). The summed E-state index contributed by atoms with van der Waals surface area (Å²) >= 11 is 0. The normalized spacial score (nSPS) is 27.0. The van der Waals surface area contributed by atoms with E-state index in [9.17, 15) is 8.78 Å². The SMILES string of the molecule is CCNC(=NCc1ccccc1OC(F)F)NC1C2CCOC2C1(C)C. The third-order valence-electron chi connectivity index (χ3n) is 5.33. The highest BCUT2D eigenvalue weighted by Gasteiger charge is 2.59. The number of fused-ring (bicyclic) bond motifs is 1. The zero-order valence-electron chi connectivity index (χ0n) is 15.5. The van der Waals surface area contributed by atoms with Crippen LogP contribution in [0.4, 0.5) is 8.78 Å². The molecule has 1 saturated heterocycles. The Labute approximate surface area is 153 Å². The van der Waals surface area contributed by atoms with Crippen molar-refractivity contribution in [3.05, 3.63) is 29.8 Å². The molecule has 0 radical (unpaired) electrons. The van der Waals surface area contributed by atoms with E-state index in [2.05, 4.69) is 34.2 Å². The van der Waals surface area contributed by atoms with E-state index in [-0.39, 0.29) is 23.8 Å². The van der Waals surface area contributed by atoms with Crippen molar-refractivity contribution in [2.24, 2.45) is 16.3 Å². The van der Waals surface area contributed by atoms with Crippen molar-refractivity contribution in [2.45, 2.75) is 52.5 Å². The van der Waals surface area contributed by atoms with Gasteiger partial charge in [0, 0.05) is 36.1 Å². The minimum Gasteiger partial charge on any atom is -0.434 e. The van der Waals surface area contributed by atoms with Gasteiger partial charge in [0.1, 0.15) is 5.75 Å². The van der Waals surface area contributed by atoms with Gasteiger partial charge in [0.2, 0.25) is 0 Å². The maximum atomic E-state index is 12.6. The molecule has 144 valence electrons. The number of nitrogens with one attached hydrogen (secondary N) is 2. The van der Waals surface area contributed by atoms with E-state index in [4.69, 9.17) is 4.74 Å². The fourth-order valence-corrected chi connectivity index (χ4v) is 4.09. The number of benzene rings is 1. The first-order valence-corrected chi connectivity index (χ1v) is 9.12. The summed E-state index contributed by atoms with van der Waals surface area (Å²) in [7, 11) is 0. The van der Waals surface area contributed by atoms with E-state index in [1.165, 1.54) is 6.07 Å². The van der Waals surface area contributed by atoms with Crippen molar-refractivity contribution in [3.8, 4) is 5.75 Å². The van der Waals surface area contributed by atoms with Gasteiger partial charge in [-0.3, -0.25) is 0 Å². The van der Waals surface area contributed by atoms with Crippen LogP contribution in [0.25, 0.3) is 0 Å². The van der Waals surface area contributed by atoms with Crippen LogP contribution in [-0.2, 0) is 11.3 Å². The predicted octanol–water partition coefficient (Wildman–Crippen LogP) is 3.16. The quantitative estimate of drug-likeness (QED) is 0.599. The van der Waals surface area contributed by atoms with Crippen LogP contribution < -0.4 is 15.4 Å². The lowest BCUT2D eigenvalue weighted by Crippen LogP contribution is -2.67. The summed E-state index contributed by atoms with van der Waals surface area (Å²) in [5.74, 6) is 1.33. The first-order chi connectivity index (χ1) is 12.4. The Balaban J connectivity index is 1.70. The molecule has 26 heavy (non-hydrogen) atoms. The molecule has 3 unspecified atom stereocenters. The minimum atomic E-state index is -2.85. The Bertz CT molecular complexity index is 651. The third kappa shape index (κ3) is 3.77. The molecule has 3 atom stereocenters. The van der Waals surface area contributed by atoms with Gasteiger partial charge in [0.05, 0.1) is 12.6 Å². The summed E-state index contributed by atoms with van der Waals surface area (Å²) in [6.07, 6.45) is 1.35. The van der Waals surface area contributed by atoms with Crippen LogP contribution in [-0.4, -0.2) is 37.9 Å². The first-order valence-electron chi connectivity index (χ1n) is 9.12. The average molecular weight is 367 g/mol. The van der Waals surface area contributed by atoms with Gasteiger partial charge in [0.25, 0.3) is 0 Å². The largest absolute Gasteiger partial charge is 0.434 e. The average Bonchev–Trinajstić information content (AvgIpc) is 3.05. The Morgan fingerprint density at radius 1 is 1.38 bits per heavy atom. The van der Waals surface area contributed by atoms with Gasteiger partial charge in [-0.15, -0.1) is 0 Å². The van der Waals surface area contributed by atoms with Crippen LogP contribution in [0.2, 0.25) is 0 Å². The molecule has 7 heteroatoms. The first kappa shape index (κ1) is 18.9. The van der Waals surface area contributed by atoms with Gasteiger partial charge in [-0.05, 0) is 19.4 Å². The summed E-state index contributed by atoms with van der Waals surface area (Å²) in [6.45, 7) is 5.34. The molecule has 1 saturated carbocycles. The fourth-order valence-electron chi connectivity index (χ4n) is 4.09. The monoisotopic (exact) mass is 367 g/mol. The molecule has 1 heterocycles. The summed E-state index contributed by atoms with van der Waals surface area (Å²) in [5, 5.41) is 6.76. The highest BCUT2D eigenvalue weighted by Crippen LogP contribution is 2.52. The van der Waals surface area contributed by atoms with Gasteiger partial charge in [0.15, 0.2) is 5.96 Å². The Kier molecular flexibility index (Phi) is 5.65. The van der Waals surface area contributed by atoms with E-state index in [1.54, 1.807) is 18.2 Å². The summed E-state index contributed by atoms with van der Waals surface area (Å²) in [5.41, 5.74) is 0.661. The second kappa shape index (κ2) is 7.78. The molecule has 1 aromatic carbocycles. The van der Waals surface area contributed by atoms with Crippen LogP contribution in [0.5, 0.6) is 5.75 Å². The molecule has 0 spiro atoms. The van der Waals surface area contributed by atoms with E-state index in [0.29, 0.717) is 23.5 Å². The van der Waals surface area contributed by atoms with Gasteiger partial charge >= 0.3 is 6.61 Å². The smallest absolute Gasteiger partial charge is 0.387 e. The topological polar surface area (TPSA) is 54.9 Å². The number of hydrogen-bond acceptors (Lipinski definition) is 3. The number of aliphatic imine (C=N–C) groups is 1. The summed E-state index contributed by atoms with van der Waals surface area (Å²) < 4.78 is 35.5. The van der Waals surface area contributed by atoms with E-state index >= 15 is 0 Å². The molecular weight excluding hydrogens is 340 g/mol. The number of rotatable bonds is 6. The molecule has 0 bridgehead atoms. The highest BCUT2D eigenvalue weighted by molar-refractivity contribution is 5.80. The summed E-state index contributed by atoms with van der Waals surface area (Å²) in [6, 6.07) is 7.02. The molecule has 2 fully saturated rings. The van der Waals surface area contributed by atoms with Crippen LogP contribution in [0.15, 0.2) is 29.3 Å². The molecule has 0 aromatic heterocycles. The van der Waals surface area contributed by atoms with Crippen LogP contribution in [0, 0.1) is 11.3 Å². The molecule has 1 aliphatic carbocycles. The molecular formula is C19H27F2N3O2. The number of alkyl halides is 2. The molecule has 2 N–H and O–H groups in total. The molecule has 5 nitrogen and oxygen atoms in total. The van der Waals surface area contributed by atoms with Crippen LogP contribution >= 0.6 is 0 Å². The van der Waals surface area contributed by atoms with Gasteiger partial charge in [-0.25, -0.2) is 4.99 Å². The Morgan fingerprint density at radius 3 is 2.88 bits per heavy atom. The van der Waals surface area contributed by atoms with Crippen LogP contribution in [0.1, 0.15) is 32.8 Å². The Morgan fingerprint density at radius 2 is 2.15 bits per heavy atom. The molecule has 3 rings (SSSR count). The van der Waals surface area contributed by atoms with Gasteiger partial charge < -0.3 is 20.1 Å². The zero-order valence-corrected chi connectivity index (χ0v) is 15.5. The molecule has 1 aliphatic heterocycles. The van der Waals surface area contributed by atoms with Crippen molar-refractivity contribution < 1.29 is 18.3 Å². The molecule has 2 aliphatic rings. The number of ether oxygens (including phenoxy) is 2. The van der Waals surface area contributed by atoms with Crippen molar-refractivity contribution in [1.29, 1.82) is 0 Å². The zero-order chi connectivity index (χ0) is 18.7.